The molecule has 5 rings (SSSR count). The summed E-state index contributed by atoms with van der Waals surface area (Å²) in [5.41, 5.74) is 0.568. The Morgan fingerprint density at radius 3 is 2.44 bits per heavy atom. The predicted molar refractivity (Wildman–Crippen MR) is 94.9 cm³/mol. The molecule has 4 aliphatic carbocycles. The van der Waals surface area contributed by atoms with Crippen LogP contribution in [0.5, 0.6) is 0 Å². The lowest BCUT2D eigenvalue weighted by Gasteiger charge is -2.58. The number of ether oxygens (including phenoxy) is 1. The molecular formula is C20H24ClNO3. The van der Waals surface area contributed by atoms with E-state index in [9.17, 15) is 9.59 Å². The molecule has 1 N–H and O–H groups in total. The normalized spacial score (nSPS) is 35.4. The first-order valence-electron chi connectivity index (χ1n) is 9.13. The summed E-state index contributed by atoms with van der Waals surface area (Å²) >= 11 is 6.76. The van der Waals surface area contributed by atoms with Crippen LogP contribution in [0, 0.1) is 17.3 Å². The molecule has 0 radical (unpaired) electrons. The molecule has 1 aromatic carbocycles. The van der Waals surface area contributed by atoms with Gasteiger partial charge >= 0.3 is 5.97 Å². The third-order valence-corrected chi connectivity index (χ3v) is 6.53. The topological polar surface area (TPSA) is 55.4 Å². The number of alkyl halides is 1. The molecule has 1 amide bonds. The maximum Gasteiger partial charge on any atom is 0.312 e. The van der Waals surface area contributed by atoms with Crippen LogP contribution in [0.15, 0.2) is 30.3 Å². The first-order valence-corrected chi connectivity index (χ1v) is 9.51. The molecule has 0 aromatic heterocycles. The number of amides is 1. The fourth-order valence-corrected chi connectivity index (χ4v) is 6.21. The molecule has 4 fully saturated rings. The van der Waals surface area contributed by atoms with Gasteiger partial charge in [-0.15, -0.1) is 11.6 Å². The van der Waals surface area contributed by atoms with Crippen molar-refractivity contribution in [1.82, 2.24) is 5.32 Å². The van der Waals surface area contributed by atoms with E-state index in [2.05, 4.69) is 5.32 Å². The van der Waals surface area contributed by atoms with Gasteiger partial charge in [0.2, 0.25) is 0 Å². The van der Waals surface area contributed by atoms with Crippen molar-refractivity contribution in [3.63, 3.8) is 0 Å². The van der Waals surface area contributed by atoms with Crippen LogP contribution >= 0.6 is 11.6 Å². The van der Waals surface area contributed by atoms with E-state index >= 15 is 0 Å². The number of carbonyl (C=O) groups excluding carboxylic acids is 2. The first-order chi connectivity index (χ1) is 12.0. The van der Waals surface area contributed by atoms with Crippen molar-refractivity contribution in [2.75, 3.05) is 6.61 Å². The summed E-state index contributed by atoms with van der Waals surface area (Å²) in [6, 6.07) is 9.68. The molecule has 0 saturated heterocycles. The van der Waals surface area contributed by atoms with Crippen LogP contribution in [0.1, 0.15) is 44.1 Å². The largest absolute Gasteiger partial charge is 0.455 e. The number of hydrogen-bond acceptors (Lipinski definition) is 3. The monoisotopic (exact) mass is 361 g/mol. The fourth-order valence-electron chi connectivity index (χ4n) is 5.52. The van der Waals surface area contributed by atoms with E-state index in [1.807, 2.05) is 30.3 Å². The molecule has 5 heteroatoms. The van der Waals surface area contributed by atoms with E-state index < -0.39 is 5.41 Å². The summed E-state index contributed by atoms with van der Waals surface area (Å²) in [4.78, 5) is 24.5. The summed E-state index contributed by atoms with van der Waals surface area (Å²) in [5.74, 6) is 0.598. The lowest BCUT2D eigenvalue weighted by molar-refractivity contribution is -0.171. The highest BCUT2D eigenvalue weighted by atomic mass is 35.5. The quantitative estimate of drug-likeness (QED) is 0.645. The second kappa shape index (κ2) is 6.31. The van der Waals surface area contributed by atoms with Gasteiger partial charge in [0.05, 0.1) is 5.41 Å². The van der Waals surface area contributed by atoms with Gasteiger partial charge in [0.25, 0.3) is 5.91 Å². The summed E-state index contributed by atoms with van der Waals surface area (Å²) < 4.78 is 5.41. The van der Waals surface area contributed by atoms with Crippen LogP contribution < -0.4 is 5.32 Å². The van der Waals surface area contributed by atoms with Crippen LogP contribution in [0.2, 0.25) is 0 Å². The van der Waals surface area contributed by atoms with Crippen molar-refractivity contribution in [2.45, 2.75) is 49.9 Å². The Labute approximate surface area is 153 Å². The average molecular weight is 362 g/mol. The third kappa shape index (κ3) is 3.41. The van der Waals surface area contributed by atoms with Crippen LogP contribution in [-0.2, 0) is 20.9 Å². The molecule has 4 aliphatic rings. The van der Waals surface area contributed by atoms with Gasteiger partial charge in [-0.3, -0.25) is 9.59 Å². The molecule has 4 atom stereocenters. The van der Waals surface area contributed by atoms with E-state index in [1.165, 1.54) is 6.42 Å². The van der Waals surface area contributed by atoms with Crippen molar-refractivity contribution in [1.29, 1.82) is 0 Å². The summed E-state index contributed by atoms with van der Waals surface area (Å²) in [5, 5.41) is 2.79. The zero-order valence-electron chi connectivity index (χ0n) is 14.3. The Balaban J connectivity index is 1.31. The van der Waals surface area contributed by atoms with E-state index in [0.717, 1.165) is 31.2 Å². The van der Waals surface area contributed by atoms with E-state index in [0.29, 0.717) is 24.8 Å². The molecule has 0 heterocycles. The highest BCUT2D eigenvalue weighted by Crippen LogP contribution is 2.64. The first kappa shape index (κ1) is 16.9. The second-order valence-electron chi connectivity index (χ2n) is 8.23. The molecule has 4 bridgehead atoms. The maximum atomic E-state index is 12.8. The number of benzene rings is 1. The Kier molecular flexibility index (Phi) is 4.27. The molecule has 25 heavy (non-hydrogen) atoms. The Hall–Kier alpha value is -1.55. The van der Waals surface area contributed by atoms with Gasteiger partial charge < -0.3 is 10.1 Å². The average Bonchev–Trinajstić information content (AvgIpc) is 2.56. The zero-order valence-corrected chi connectivity index (χ0v) is 15.1. The molecule has 4 nitrogen and oxygen atoms in total. The zero-order chi connectivity index (χ0) is 17.5. The minimum absolute atomic E-state index is 0.210. The second-order valence-corrected chi connectivity index (χ2v) is 9.03. The molecule has 4 saturated carbocycles. The number of esters is 1. The van der Waals surface area contributed by atoms with Gasteiger partial charge in [0, 0.05) is 11.4 Å². The van der Waals surface area contributed by atoms with Gasteiger partial charge in [-0.25, -0.2) is 0 Å². The van der Waals surface area contributed by atoms with Crippen LogP contribution in [0.25, 0.3) is 0 Å². The van der Waals surface area contributed by atoms with Crippen LogP contribution in [0.4, 0.5) is 0 Å². The number of halogens is 1. The van der Waals surface area contributed by atoms with Crippen molar-refractivity contribution in [2.24, 2.45) is 17.3 Å². The molecule has 0 aliphatic heterocycles. The molecule has 134 valence electrons. The van der Waals surface area contributed by atoms with E-state index in [1.54, 1.807) is 0 Å². The summed E-state index contributed by atoms with van der Waals surface area (Å²) in [6.07, 6.45) is 5.71. The van der Waals surface area contributed by atoms with Gasteiger partial charge in [-0.1, -0.05) is 30.3 Å². The van der Waals surface area contributed by atoms with Crippen molar-refractivity contribution < 1.29 is 14.3 Å². The summed E-state index contributed by atoms with van der Waals surface area (Å²) in [6.45, 7) is 0.231. The lowest BCUT2D eigenvalue weighted by atomic mass is 9.49. The lowest BCUT2D eigenvalue weighted by Crippen LogP contribution is -2.56. The smallest absolute Gasteiger partial charge is 0.312 e. The number of rotatable bonds is 5. The Morgan fingerprint density at radius 1 is 1.12 bits per heavy atom. The van der Waals surface area contributed by atoms with Gasteiger partial charge in [-0.2, -0.15) is 0 Å². The number of carbonyl (C=O) groups is 2. The van der Waals surface area contributed by atoms with Crippen LogP contribution in [0.3, 0.4) is 0 Å². The third-order valence-electron chi connectivity index (χ3n) is 6.09. The van der Waals surface area contributed by atoms with E-state index in [-0.39, 0.29) is 23.4 Å². The van der Waals surface area contributed by atoms with Crippen molar-refractivity contribution in [3.8, 4) is 0 Å². The minimum Gasteiger partial charge on any atom is -0.455 e. The minimum atomic E-state index is -0.453. The fraction of sp³-hybridized carbons (Fsp3) is 0.600. The van der Waals surface area contributed by atoms with E-state index in [4.69, 9.17) is 16.3 Å². The highest BCUT2D eigenvalue weighted by molar-refractivity contribution is 6.24. The molecule has 0 spiro atoms. The standard InChI is InChI=1S/C20H24ClNO3/c21-20-9-15-6-16(10-20)8-19(7-15,13-20)18(24)25-12-17(23)22-11-14-4-2-1-3-5-14/h1-5,15-16H,6-13H2,(H,22,23)/t15-,16+,19?,20?. The number of hydrogen-bond donors (Lipinski definition) is 1. The molecule has 1 aromatic rings. The number of nitrogens with one attached hydrogen (secondary N) is 1. The van der Waals surface area contributed by atoms with Gasteiger partial charge in [0.1, 0.15) is 0 Å². The van der Waals surface area contributed by atoms with Crippen molar-refractivity contribution in [3.05, 3.63) is 35.9 Å². The van der Waals surface area contributed by atoms with Gasteiger partial charge in [0.15, 0.2) is 6.61 Å². The Morgan fingerprint density at radius 2 is 1.80 bits per heavy atom. The molecule has 2 unspecified atom stereocenters. The van der Waals surface area contributed by atoms with Crippen molar-refractivity contribution >= 4 is 23.5 Å². The summed E-state index contributed by atoms with van der Waals surface area (Å²) in [7, 11) is 0. The van der Waals surface area contributed by atoms with Crippen LogP contribution in [-0.4, -0.2) is 23.4 Å². The molecular weight excluding hydrogens is 338 g/mol. The predicted octanol–water partition coefficient (Wildman–Crippen LogP) is 3.42. The maximum absolute atomic E-state index is 12.8. The SMILES string of the molecule is O=C(COC(=O)C12C[C@@H]3C[C@@H](CC(Cl)(C3)C1)C2)NCc1ccccc1. The Bertz CT molecular complexity index is 661. The highest BCUT2D eigenvalue weighted by Gasteiger charge is 2.60. The van der Waals surface area contributed by atoms with Gasteiger partial charge in [-0.05, 0) is 55.9 Å².